The van der Waals surface area contributed by atoms with E-state index in [1.54, 1.807) is 7.11 Å². The topological polar surface area (TPSA) is 49.4 Å². The summed E-state index contributed by atoms with van der Waals surface area (Å²) in [5.74, 6) is 3.09. The van der Waals surface area contributed by atoms with Gasteiger partial charge in [-0.25, -0.2) is 0 Å². The molecule has 0 unspecified atom stereocenters. The van der Waals surface area contributed by atoms with Crippen LogP contribution in [0.15, 0.2) is 36.4 Å². The summed E-state index contributed by atoms with van der Waals surface area (Å²) in [6.07, 6.45) is -0.278. The predicted molar refractivity (Wildman–Crippen MR) is 99.8 cm³/mol. The number of ether oxygens (including phenoxy) is 5. The Labute approximate surface area is 155 Å². The van der Waals surface area contributed by atoms with Gasteiger partial charge in [0, 0.05) is 25.1 Å². The Morgan fingerprint density at radius 1 is 0.889 bits per heavy atom. The fourth-order valence-corrected chi connectivity index (χ4v) is 4.36. The van der Waals surface area contributed by atoms with Crippen LogP contribution >= 0.6 is 0 Å². The van der Waals surface area contributed by atoms with Gasteiger partial charge >= 0.3 is 0 Å². The molecule has 3 aliphatic rings. The van der Waals surface area contributed by atoms with E-state index in [1.165, 1.54) is 0 Å². The quantitative estimate of drug-likeness (QED) is 0.650. The van der Waals surface area contributed by atoms with E-state index >= 15 is 0 Å². The molecule has 0 N–H and O–H groups in total. The smallest absolute Gasteiger partial charge is 0.231 e. The predicted octanol–water partition coefficient (Wildman–Crippen LogP) is 4.06. The second-order valence-electron chi connectivity index (χ2n) is 6.85. The molecule has 0 fully saturated rings. The largest absolute Gasteiger partial charge is 0.454 e. The van der Waals surface area contributed by atoms with Gasteiger partial charge in [-0.3, -0.25) is 0 Å². The lowest BCUT2D eigenvalue weighted by molar-refractivity contribution is 0.0993. The van der Waals surface area contributed by atoms with Gasteiger partial charge in [0.2, 0.25) is 13.6 Å². The molecule has 0 aliphatic carbocycles. The number of nitrogens with zero attached hydrogens (tertiary/aromatic N) is 1. The first-order valence-corrected chi connectivity index (χ1v) is 8.81. The first-order valence-electron chi connectivity index (χ1n) is 8.81. The van der Waals surface area contributed by atoms with Crippen LogP contribution < -0.4 is 23.8 Å². The van der Waals surface area contributed by atoms with E-state index in [9.17, 15) is 0 Å². The van der Waals surface area contributed by atoms with Crippen LogP contribution in [0.3, 0.4) is 0 Å². The van der Waals surface area contributed by atoms with Gasteiger partial charge in [0.1, 0.15) is 0 Å². The third kappa shape index (κ3) is 1.88. The van der Waals surface area contributed by atoms with E-state index in [0.29, 0.717) is 0 Å². The molecule has 0 spiro atoms. The first kappa shape index (κ1) is 15.0. The van der Waals surface area contributed by atoms with Crippen molar-refractivity contribution < 1.29 is 23.7 Å². The van der Waals surface area contributed by atoms with Gasteiger partial charge in [0.05, 0.1) is 11.3 Å². The van der Waals surface area contributed by atoms with Gasteiger partial charge in [-0.1, -0.05) is 12.1 Å². The highest BCUT2D eigenvalue weighted by atomic mass is 16.7. The molecule has 3 aromatic rings. The maximum absolute atomic E-state index is 5.89. The Morgan fingerprint density at radius 2 is 1.63 bits per heavy atom. The summed E-state index contributed by atoms with van der Waals surface area (Å²) in [5.41, 5.74) is 4.33. The molecule has 27 heavy (non-hydrogen) atoms. The van der Waals surface area contributed by atoms with Crippen molar-refractivity contribution >= 4 is 16.5 Å². The molecule has 0 saturated carbocycles. The molecule has 1 atom stereocenters. The Morgan fingerprint density at radius 3 is 2.48 bits per heavy atom. The Bertz CT molecular complexity index is 1110. The normalized spacial score (nSPS) is 18.6. The van der Waals surface area contributed by atoms with Gasteiger partial charge in [0.25, 0.3) is 0 Å². The summed E-state index contributed by atoms with van der Waals surface area (Å²) < 4.78 is 28.4. The average molecular weight is 363 g/mol. The first-order chi connectivity index (χ1) is 13.3. The number of fused-ring (bicyclic) bond motifs is 8. The number of benzene rings is 3. The molecule has 3 aliphatic heterocycles. The van der Waals surface area contributed by atoms with Gasteiger partial charge in [-0.2, -0.15) is 0 Å². The van der Waals surface area contributed by atoms with Crippen molar-refractivity contribution in [2.24, 2.45) is 0 Å². The van der Waals surface area contributed by atoms with Crippen LogP contribution in [-0.2, 0) is 4.74 Å². The molecular weight excluding hydrogens is 346 g/mol. The summed E-state index contributed by atoms with van der Waals surface area (Å²) in [7, 11) is 3.75. The fourth-order valence-electron chi connectivity index (χ4n) is 4.36. The molecule has 6 nitrogen and oxygen atoms in total. The number of hydrogen-bond acceptors (Lipinski definition) is 6. The van der Waals surface area contributed by atoms with E-state index in [1.807, 2.05) is 19.2 Å². The number of hydrogen-bond donors (Lipinski definition) is 0. The minimum absolute atomic E-state index is 0.236. The standard InChI is InChI=1S/C21H17NO5/c1-22-19-13(4-3-11-7-16-17(8-14(11)19)26-9-25-16)12-5-6-15-20(27-10-24-15)18(12)21(22)23-2/h3-8,21H,9-10H2,1-2H3/t21-/m0/s1. The molecule has 0 amide bonds. The zero-order chi connectivity index (χ0) is 18.1. The highest BCUT2D eigenvalue weighted by Crippen LogP contribution is 2.54. The Kier molecular flexibility index (Phi) is 2.89. The maximum atomic E-state index is 5.89. The van der Waals surface area contributed by atoms with E-state index < -0.39 is 0 Å². The van der Waals surface area contributed by atoms with Crippen LogP contribution in [0.1, 0.15) is 11.8 Å². The van der Waals surface area contributed by atoms with Crippen LogP contribution in [0.25, 0.3) is 21.9 Å². The molecule has 0 saturated heterocycles. The number of methoxy groups -OCH3 is 1. The highest BCUT2D eigenvalue weighted by Gasteiger charge is 2.36. The molecule has 136 valence electrons. The van der Waals surface area contributed by atoms with Crippen molar-refractivity contribution in [3.8, 4) is 34.1 Å². The minimum Gasteiger partial charge on any atom is -0.454 e. The van der Waals surface area contributed by atoms with Gasteiger partial charge in [-0.15, -0.1) is 0 Å². The molecule has 3 heterocycles. The van der Waals surface area contributed by atoms with Crippen LogP contribution in [0, 0.1) is 0 Å². The molecule has 0 radical (unpaired) electrons. The van der Waals surface area contributed by atoms with Crippen molar-refractivity contribution in [2.45, 2.75) is 6.23 Å². The fraction of sp³-hybridized carbons (Fsp3) is 0.238. The number of anilines is 1. The molecule has 3 aromatic carbocycles. The maximum Gasteiger partial charge on any atom is 0.231 e. The molecule has 0 aromatic heterocycles. The van der Waals surface area contributed by atoms with E-state index in [2.05, 4.69) is 29.2 Å². The second kappa shape index (κ2) is 5.20. The summed E-state index contributed by atoms with van der Waals surface area (Å²) in [4.78, 5) is 2.14. The van der Waals surface area contributed by atoms with Gasteiger partial charge in [-0.05, 0) is 35.2 Å². The van der Waals surface area contributed by atoms with E-state index in [0.717, 1.165) is 56.1 Å². The van der Waals surface area contributed by atoms with Crippen LogP contribution in [0.4, 0.5) is 5.69 Å². The lowest BCUT2D eigenvalue weighted by atomic mass is 9.88. The number of rotatable bonds is 1. The lowest BCUT2D eigenvalue weighted by Gasteiger charge is -2.37. The third-order valence-electron chi connectivity index (χ3n) is 5.53. The summed E-state index contributed by atoms with van der Waals surface area (Å²) in [6, 6.07) is 12.4. The van der Waals surface area contributed by atoms with Crippen molar-refractivity contribution in [3.05, 3.63) is 42.0 Å². The zero-order valence-corrected chi connectivity index (χ0v) is 14.9. The summed E-state index contributed by atoms with van der Waals surface area (Å²) in [6.45, 7) is 0.497. The van der Waals surface area contributed by atoms with Crippen LogP contribution in [0.2, 0.25) is 0 Å². The zero-order valence-electron chi connectivity index (χ0n) is 14.9. The molecule has 6 heteroatoms. The SMILES string of the molecule is CO[C@H]1c2c(ccc3c2OCO3)-c2ccc3cc4c(cc3c2N1C)OCO4. The highest BCUT2D eigenvalue weighted by molar-refractivity contribution is 6.05. The Balaban J connectivity index is 1.68. The average Bonchev–Trinajstić information content (AvgIpc) is 3.34. The Hall–Kier alpha value is -3.12. The molecule has 6 rings (SSSR count). The van der Waals surface area contributed by atoms with Gasteiger partial charge < -0.3 is 28.6 Å². The van der Waals surface area contributed by atoms with Crippen molar-refractivity contribution in [3.63, 3.8) is 0 Å². The van der Waals surface area contributed by atoms with Crippen LogP contribution in [0.5, 0.6) is 23.0 Å². The van der Waals surface area contributed by atoms with Crippen molar-refractivity contribution in [1.29, 1.82) is 0 Å². The van der Waals surface area contributed by atoms with E-state index in [4.69, 9.17) is 23.7 Å². The van der Waals surface area contributed by atoms with E-state index in [-0.39, 0.29) is 19.8 Å². The molecular formula is C21H17NO5. The monoisotopic (exact) mass is 363 g/mol. The van der Waals surface area contributed by atoms with Gasteiger partial charge in [0.15, 0.2) is 29.2 Å². The van der Waals surface area contributed by atoms with Crippen LogP contribution in [-0.4, -0.2) is 27.7 Å². The third-order valence-corrected chi connectivity index (χ3v) is 5.53. The lowest BCUT2D eigenvalue weighted by Crippen LogP contribution is -2.30. The summed E-state index contributed by atoms with van der Waals surface area (Å²) >= 11 is 0. The minimum atomic E-state index is -0.278. The molecule has 0 bridgehead atoms. The van der Waals surface area contributed by atoms with Crippen molar-refractivity contribution in [2.75, 3.05) is 32.6 Å². The van der Waals surface area contributed by atoms with Crippen molar-refractivity contribution in [1.82, 2.24) is 0 Å². The summed E-state index contributed by atoms with van der Waals surface area (Å²) in [5, 5.41) is 2.20. The second-order valence-corrected chi connectivity index (χ2v) is 6.85.